The normalized spacial score (nSPS) is 37.5. The van der Waals surface area contributed by atoms with Crippen LogP contribution in [0.15, 0.2) is 0 Å². The number of hydrogen-bond acceptors (Lipinski definition) is 2. The Balaban J connectivity index is 1.85. The summed E-state index contributed by atoms with van der Waals surface area (Å²) < 4.78 is 0. The lowest BCUT2D eigenvalue weighted by atomic mass is 10.0. The first-order chi connectivity index (χ1) is 7.79. The topological polar surface area (TPSA) is 29.3 Å². The molecule has 2 nitrogen and oxygen atoms in total. The van der Waals surface area contributed by atoms with Gasteiger partial charge in [-0.15, -0.1) is 0 Å². The summed E-state index contributed by atoms with van der Waals surface area (Å²) in [7, 11) is 0. The molecule has 3 unspecified atom stereocenters. The van der Waals surface area contributed by atoms with Gasteiger partial charge in [0.05, 0.1) is 0 Å². The van der Waals surface area contributed by atoms with E-state index in [1.165, 1.54) is 64.5 Å². The van der Waals surface area contributed by atoms with Gasteiger partial charge < -0.3 is 10.6 Å². The smallest absolute Gasteiger partial charge is 0.00927 e. The van der Waals surface area contributed by atoms with Crippen LogP contribution in [0.3, 0.4) is 0 Å². The molecule has 0 bridgehead atoms. The van der Waals surface area contributed by atoms with Gasteiger partial charge in [-0.2, -0.15) is 0 Å². The first-order valence-corrected chi connectivity index (χ1v) is 7.29. The summed E-state index contributed by atoms with van der Waals surface area (Å²) in [5.74, 6) is 0.891. The summed E-state index contributed by atoms with van der Waals surface area (Å²) in [6, 6.07) is 1.36. The van der Waals surface area contributed by atoms with E-state index < -0.39 is 0 Å². The third kappa shape index (κ3) is 3.21. The fourth-order valence-corrected chi connectivity index (χ4v) is 3.55. The molecule has 0 spiro atoms. The quantitative estimate of drug-likeness (QED) is 0.798. The lowest BCUT2D eigenvalue weighted by Gasteiger charge is -2.31. The summed E-state index contributed by atoms with van der Waals surface area (Å²) in [6.07, 6.45) is 11.0. The molecule has 1 saturated heterocycles. The maximum Gasteiger partial charge on any atom is 0.00927 e. The van der Waals surface area contributed by atoms with Gasteiger partial charge in [-0.25, -0.2) is 0 Å². The van der Waals surface area contributed by atoms with Gasteiger partial charge in [0, 0.05) is 18.6 Å². The van der Waals surface area contributed by atoms with Gasteiger partial charge in [0.1, 0.15) is 0 Å². The van der Waals surface area contributed by atoms with E-state index in [0.717, 1.165) is 12.0 Å². The monoisotopic (exact) mass is 224 g/mol. The van der Waals surface area contributed by atoms with Gasteiger partial charge in [0.2, 0.25) is 0 Å². The molecule has 0 radical (unpaired) electrons. The van der Waals surface area contributed by atoms with Gasteiger partial charge in [-0.1, -0.05) is 19.8 Å². The van der Waals surface area contributed by atoms with Crippen molar-refractivity contribution >= 4 is 0 Å². The fourth-order valence-electron chi connectivity index (χ4n) is 3.55. The van der Waals surface area contributed by atoms with Crippen LogP contribution < -0.4 is 5.73 Å². The molecule has 0 amide bonds. The highest BCUT2D eigenvalue weighted by molar-refractivity contribution is 4.83. The zero-order valence-corrected chi connectivity index (χ0v) is 10.8. The summed E-state index contributed by atoms with van der Waals surface area (Å²) in [4.78, 5) is 2.77. The molecule has 0 aromatic rings. The average molecular weight is 224 g/mol. The second-order valence-corrected chi connectivity index (χ2v) is 5.85. The van der Waals surface area contributed by atoms with E-state index in [1.54, 1.807) is 0 Å². The van der Waals surface area contributed by atoms with Gasteiger partial charge in [-0.3, -0.25) is 0 Å². The van der Waals surface area contributed by atoms with Crippen molar-refractivity contribution in [3.8, 4) is 0 Å². The minimum atomic E-state index is 0.497. The number of rotatable bonds is 3. The Morgan fingerprint density at radius 1 is 1.12 bits per heavy atom. The molecule has 16 heavy (non-hydrogen) atoms. The Morgan fingerprint density at radius 3 is 2.69 bits per heavy atom. The minimum Gasteiger partial charge on any atom is -0.328 e. The van der Waals surface area contributed by atoms with E-state index in [9.17, 15) is 0 Å². The minimum absolute atomic E-state index is 0.497. The fraction of sp³-hybridized carbons (Fsp3) is 1.00. The zero-order valence-electron chi connectivity index (χ0n) is 10.8. The number of likely N-dealkylation sites (tertiary alicyclic amines) is 1. The number of nitrogens with zero attached hydrogens (tertiary/aromatic N) is 1. The lowest BCUT2D eigenvalue weighted by molar-refractivity contribution is 0.165. The molecule has 2 heteroatoms. The molecule has 2 rings (SSSR count). The summed E-state index contributed by atoms with van der Waals surface area (Å²) in [5, 5.41) is 0. The molecule has 1 aliphatic heterocycles. The Hall–Kier alpha value is -0.0800. The zero-order chi connectivity index (χ0) is 11.4. The molecule has 2 aliphatic rings. The van der Waals surface area contributed by atoms with Crippen LogP contribution in [0.2, 0.25) is 0 Å². The Bertz CT molecular complexity index is 205. The number of nitrogens with two attached hydrogens (primary N) is 1. The van der Waals surface area contributed by atoms with Crippen molar-refractivity contribution in [2.24, 2.45) is 11.7 Å². The summed E-state index contributed by atoms with van der Waals surface area (Å²) >= 11 is 0. The van der Waals surface area contributed by atoms with Crippen LogP contribution in [0.5, 0.6) is 0 Å². The van der Waals surface area contributed by atoms with E-state index in [0.29, 0.717) is 6.04 Å². The summed E-state index contributed by atoms with van der Waals surface area (Å²) in [5.41, 5.74) is 6.01. The number of hydrogen-bond donors (Lipinski definition) is 1. The Kier molecular flexibility index (Phi) is 4.66. The van der Waals surface area contributed by atoms with Crippen molar-refractivity contribution in [2.75, 3.05) is 13.1 Å². The Labute approximate surface area is 101 Å². The van der Waals surface area contributed by atoms with Crippen LogP contribution in [0, 0.1) is 5.92 Å². The highest BCUT2D eigenvalue weighted by Gasteiger charge is 2.27. The SMILES string of the molecule is CCC1CCCCCN1CC1CCC(N)C1. The third-order valence-corrected chi connectivity index (χ3v) is 4.54. The molecular weight excluding hydrogens is 196 g/mol. The first-order valence-electron chi connectivity index (χ1n) is 7.29. The maximum absolute atomic E-state index is 6.01. The van der Waals surface area contributed by atoms with Crippen LogP contribution in [0.4, 0.5) is 0 Å². The van der Waals surface area contributed by atoms with E-state index in [4.69, 9.17) is 5.73 Å². The van der Waals surface area contributed by atoms with E-state index in [1.807, 2.05) is 0 Å². The molecule has 1 saturated carbocycles. The molecule has 2 N–H and O–H groups in total. The predicted molar refractivity (Wildman–Crippen MR) is 69.4 cm³/mol. The lowest BCUT2D eigenvalue weighted by Crippen LogP contribution is -2.38. The van der Waals surface area contributed by atoms with Crippen molar-refractivity contribution in [1.82, 2.24) is 4.90 Å². The second kappa shape index (κ2) is 6.02. The van der Waals surface area contributed by atoms with E-state index >= 15 is 0 Å². The van der Waals surface area contributed by atoms with Crippen molar-refractivity contribution < 1.29 is 0 Å². The highest BCUT2D eigenvalue weighted by Crippen LogP contribution is 2.28. The molecule has 1 aliphatic carbocycles. The van der Waals surface area contributed by atoms with Crippen LogP contribution in [-0.4, -0.2) is 30.1 Å². The molecule has 3 atom stereocenters. The Morgan fingerprint density at radius 2 is 2.00 bits per heavy atom. The van der Waals surface area contributed by atoms with Crippen LogP contribution in [0.25, 0.3) is 0 Å². The van der Waals surface area contributed by atoms with E-state index in [-0.39, 0.29) is 0 Å². The van der Waals surface area contributed by atoms with Crippen molar-refractivity contribution in [1.29, 1.82) is 0 Å². The van der Waals surface area contributed by atoms with Crippen LogP contribution in [-0.2, 0) is 0 Å². The summed E-state index contributed by atoms with van der Waals surface area (Å²) in [6.45, 7) is 5.01. The molecule has 2 fully saturated rings. The van der Waals surface area contributed by atoms with Crippen LogP contribution in [0.1, 0.15) is 58.3 Å². The highest BCUT2D eigenvalue weighted by atomic mass is 15.2. The van der Waals surface area contributed by atoms with Gasteiger partial charge in [-0.05, 0) is 51.0 Å². The van der Waals surface area contributed by atoms with Crippen molar-refractivity contribution in [2.45, 2.75) is 70.4 Å². The van der Waals surface area contributed by atoms with Gasteiger partial charge >= 0.3 is 0 Å². The average Bonchev–Trinajstić information content (AvgIpc) is 2.56. The molecule has 94 valence electrons. The van der Waals surface area contributed by atoms with Gasteiger partial charge in [0.15, 0.2) is 0 Å². The molecule has 0 aromatic heterocycles. The van der Waals surface area contributed by atoms with Crippen LogP contribution >= 0.6 is 0 Å². The molecular formula is C14H28N2. The van der Waals surface area contributed by atoms with E-state index in [2.05, 4.69) is 11.8 Å². The molecule has 0 aromatic carbocycles. The largest absolute Gasteiger partial charge is 0.328 e. The van der Waals surface area contributed by atoms with Crippen molar-refractivity contribution in [3.63, 3.8) is 0 Å². The van der Waals surface area contributed by atoms with Crippen molar-refractivity contribution in [3.05, 3.63) is 0 Å². The maximum atomic E-state index is 6.01. The standard InChI is InChI=1S/C14H28N2/c1-2-14-6-4-3-5-9-16(14)11-12-7-8-13(15)10-12/h12-14H,2-11,15H2,1H3. The third-order valence-electron chi connectivity index (χ3n) is 4.54. The first kappa shape index (κ1) is 12.4. The molecule has 1 heterocycles. The second-order valence-electron chi connectivity index (χ2n) is 5.85. The predicted octanol–water partition coefficient (Wildman–Crippen LogP) is 2.77. The van der Waals surface area contributed by atoms with Gasteiger partial charge in [0.25, 0.3) is 0 Å².